The minimum Gasteiger partial charge on any atom is -0.467 e. The van der Waals surface area contributed by atoms with Crippen LogP contribution in [0.5, 0.6) is 0 Å². The zero-order valence-corrected chi connectivity index (χ0v) is 18.3. The molecule has 2 fully saturated rings. The van der Waals surface area contributed by atoms with E-state index in [-0.39, 0.29) is 17.8 Å². The molecule has 0 radical (unpaired) electrons. The number of rotatable bonds is 3. The number of hydrogen-bond acceptors (Lipinski definition) is 5. The highest BCUT2D eigenvalue weighted by molar-refractivity contribution is 5.91. The molecule has 1 N–H and O–H groups in total. The number of nitrogens with one attached hydrogen (secondary N) is 1. The Balaban J connectivity index is 2.26. The Hall–Kier alpha value is -1.79. The molecule has 4 atom stereocenters. The first-order valence-electron chi connectivity index (χ1n) is 10.2. The predicted octanol–water partition coefficient (Wildman–Crippen LogP) is 3.12. The van der Waals surface area contributed by atoms with Crippen molar-refractivity contribution < 1.29 is 23.9 Å². The van der Waals surface area contributed by atoms with Crippen molar-refractivity contribution in [3.63, 3.8) is 0 Å². The van der Waals surface area contributed by atoms with Crippen LogP contribution in [0, 0.1) is 17.3 Å². The molecule has 0 bridgehead atoms. The smallest absolute Gasteiger partial charge is 0.408 e. The van der Waals surface area contributed by atoms with Gasteiger partial charge in [0.1, 0.15) is 17.7 Å². The highest BCUT2D eigenvalue weighted by Gasteiger charge is 2.51. The molecule has 0 spiro atoms. The standard InChI is InChI=1S/C21H36N2O5/c1-20(2,3)16(22-19(26)28-21(4,5)6)17(24)23-12-13-10-8-9-11-14(13)15(23)18(25)27-7/h13-16H,8-12H2,1-7H3,(H,22,26)/t13-,14-,15-,16+/m0/s1. The molecule has 0 aromatic heterocycles. The van der Waals surface area contributed by atoms with Gasteiger partial charge in [0.2, 0.25) is 5.91 Å². The SMILES string of the molecule is COC(=O)[C@@H]1[C@H]2CCCC[C@H]2CN1C(=O)[C@@H](NC(=O)OC(C)(C)C)C(C)(C)C. The summed E-state index contributed by atoms with van der Waals surface area (Å²) in [6.07, 6.45) is 3.49. The average Bonchev–Trinajstić information content (AvgIpc) is 2.95. The molecule has 1 aliphatic carbocycles. The van der Waals surface area contributed by atoms with Crippen LogP contribution in [0.1, 0.15) is 67.2 Å². The number of hydrogen-bond donors (Lipinski definition) is 1. The van der Waals surface area contributed by atoms with Gasteiger partial charge in [-0.25, -0.2) is 9.59 Å². The summed E-state index contributed by atoms with van der Waals surface area (Å²) in [5, 5.41) is 2.74. The van der Waals surface area contributed by atoms with E-state index in [0.29, 0.717) is 12.5 Å². The van der Waals surface area contributed by atoms with E-state index in [1.54, 1.807) is 25.7 Å². The zero-order valence-electron chi connectivity index (χ0n) is 18.3. The van der Waals surface area contributed by atoms with Crippen molar-refractivity contribution in [1.82, 2.24) is 10.2 Å². The van der Waals surface area contributed by atoms with Crippen molar-refractivity contribution in [2.75, 3.05) is 13.7 Å². The maximum Gasteiger partial charge on any atom is 0.408 e. The molecule has 1 aliphatic heterocycles. The maximum absolute atomic E-state index is 13.5. The fraction of sp³-hybridized carbons (Fsp3) is 0.857. The van der Waals surface area contributed by atoms with E-state index in [9.17, 15) is 14.4 Å². The first kappa shape index (κ1) is 22.5. The summed E-state index contributed by atoms with van der Waals surface area (Å²) in [7, 11) is 1.36. The number of carbonyl (C=O) groups excluding carboxylic acids is 3. The fourth-order valence-electron chi connectivity index (χ4n) is 4.37. The molecule has 160 valence electrons. The van der Waals surface area contributed by atoms with Crippen molar-refractivity contribution in [3.8, 4) is 0 Å². The van der Waals surface area contributed by atoms with Crippen LogP contribution in [0.15, 0.2) is 0 Å². The minimum absolute atomic E-state index is 0.132. The van der Waals surface area contributed by atoms with E-state index in [1.807, 2.05) is 20.8 Å². The number of fused-ring (bicyclic) bond motifs is 1. The Labute approximate surface area is 168 Å². The molecule has 2 amide bonds. The van der Waals surface area contributed by atoms with Crippen LogP contribution < -0.4 is 5.32 Å². The van der Waals surface area contributed by atoms with Gasteiger partial charge in [0, 0.05) is 6.54 Å². The second kappa shape index (κ2) is 8.29. The Morgan fingerprint density at radius 3 is 2.18 bits per heavy atom. The Bertz CT molecular complexity index is 605. The molecule has 0 aromatic carbocycles. The summed E-state index contributed by atoms with van der Waals surface area (Å²) in [4.78, 5) is 40.1. The van der Waals surface area contributed by atoms with Crippen molar-refractivity contribution in [3.05, 3.63) is 0 Å². The van der Waals surface area contributed by atoms with E-state index in [4.69, 9.17) is 9.47 Å². The monoisotopic (exact) mass is 396 g/mol. The Morgan fingerprint density at radius 2 is 1.64 bits per heavy atom. The van der Waals surface area contributed by atoms with E-state index >= 15 is 0 Å². The third-order valence-corrected chi connectivity index (χ3v) is 5.64. The van der Waals surface area contributed by atoms with Gasteiger partial charge < -0.3 is 19.7 Å². The highest BCUT2D eigenvalue weighted by atomic mass is 16.6. The molecule has 2 aliphatic rings. The fourth-order valence-corrected chi connectivity index (χ4v) is 4.37. The second-order valence-electron chi connectivity index (χ2n) is 10.1. The largest absolute Gasteiger partial charge is 0.467 e. The van der Waals surface area contributed by atoms with Crippen molar-refractivity contribution >= 4 is 18.0 Å². The second-order valence-corrected chi connectivity index (χ2v) is 10.1. The van der Waals surface area contributed by atoms with Crippen LogP contribution in [-0.2, 0) is 19.1 Å². The maximum atomic E-state index is 13.5. The summed E-state index contributed by atoms with van der Waals surface area (Å²) in [6.45, 7) is 11.5. The van der Waals surface area contributed by atoms with E-state index in [1.165, 1.54) is 7.11 Å². The van der Waals surface area contributed by atoms with Crippen LogP contribution in [0.3, 0.4) is 0 Å². The number of ether oxygens (including phenoxy) is 2. The lowest BCUT2D eigenvalue weighted by Gasteiger charge is -2.36. The molecule has 1 saturated heterocycles. The van der Waals surface area contributed by atoms with Gasteiger partial charge in [0.25, 0.3) is 0 Å². The molecule has 0 unspecified atom stereocenters. The highest BCUT2D eigenvalue weighted by Crippen LogP contribution is 2.41. The van der Waals surface area contributed by atoms with E-state index < -0.39 is 29.2 Å². The lowest BCUT2D eigenvalue weighted by atomic mass is 9.78. The third kappa shape index (κ3) is 5.17. The first-order chi connectivity index (χ1) is 12.8. The summed E-state index contributed by atoms with van der Waals surface area (Å²) in [6, 6.07) is -1.37. The molecule has 2 rings (SSSR count). The summed E-state index contributed by atoms with van der Waals surface area (Å²) < 4.78 is 10.4. The van der Waals surface area contributed by atoms with Gasteiger partial charge in [0.15, 0.2) is 0 Å². The van der Waals surface area contributed by atoms with Crippen LogP contribution >= 0.6 is 0 Å². The summed E-state index contributed by atoms with van der Waals surface area (Å²) in [5.41, 5.74) is -1.20. The van der Waals surface area contributed by atoms with Crippen molar-refractivity contribution in [2.24, 2.45) is 17.3 Å². The minimum atomic E-state index is -0.797. The Morgan fingerprint density at radius 1 is 1.04 bits per heavy atom. The Kier molecular flexibility index (Phi) is 6.66. The third-order valence-electron chi connectivity index (χ3n) is 5.64. The average molecular weight is 397 g/mol. The molecular formula is C21H36N2O5. The zero-order chi connectivity index (χ0) is 21.3. The number of amides is 2. The topological polar surface area (TPSA) is 84.9 Å². The van der Waals surface area contributed by atoms with Crippen molar-refractivity contribution in [1.29, 1.82) is 0 Å². The van der Waals surface area contributed by atoms with E-state index in [2.05, 4.69) is 5.32 Å². The number of methoxy groups -OCH3 is 1. The van der Waals surface area contributed by atoms with Gasteiger partial charge in [-0.15, -0.1) is 0 Å². The number of nitrogens with zero attached hydrogens (tertiary/aromatic N) is 1. The number of esters is 1. The van der Waals surface area contributed by atoms with Gasteiger partial charge in [-0.2, -0.15) is 0 Å². The normalized spacial score (nSPS) is 26.2. The van der Waals surface area contributed by atoms with Gasteiger partial charge in [-0.3, -0.25) is 4.79 Å². The molecule has 0 aromatic rings. The number of carbonyl (C=O) groups is 3. The molecule has 7 nitrogen and oxygen atoms in total. The van der Waals surface area contributed by atoms with Crippen molar-refractivity contribution in [2.45, 2.75) is 84.9 Å². The molecule has 7 heteroatoms. The van der Waals surface area contributed by atoms with Crippen LogP contribution in [0.2, 0.25) is 0 Å². The molecule has 28 heavy (non-hydrogen) atoms. The van der Waals surface area contributed by atoms with Crippen LogP contribution in [0.25, 0.3) is 0 Å². The first-order valence-corrected chi connectivity index (χ1v) is 10.2. The van der Waals surface area contributed by atoms with Gasteiger partial charge in [-0.1, -0.05) is 33.6 Å². The lowest BCUT2D eigenvalue weighted by molar-refractivity contribution is -0.154. The van der Waals surface area contributed by atoms with Crippen LogP contribution in [-0.4, -0.2) is 54.2 Å². The molecule has 1 saturated carbocycles. The van der Waals surface area contributed by atoms with Crippen LogP contribution in [0.4, 0.5) is 4.79 Å². The molecular weight excluding hydrogens is 360 g/mol. The molecule has 1 heterocycles. The van der Waals surface area contributed by atoms with Gasteiger partial charge >= 0.3 is 12.1 Å². The van der Waals surface area contributed by atoms with Gasteiger partial charge in [-0.05, 0) is 50.9 Å². The predicted molar refractivity (Wildman–Crippen MR) is 106 cm³/mol. The number of likely N-dealkylation sites (tertiary alicyclic amines) is 1. The lowest BCUT2D eigenvalue weighted by Crippen LogP contribution is -2.57. The van der Waals surface area contributed by atoms with E-state index in [0.717, 1.165) is 25.7 Å². The number of alkyl carbamates (subject to hydrolysis) is 1. The summed E-state index contributed by atoms with van der Waals surface area (Å²) in [5.74, 6) is -0.174. The quantitative estimate of drug-likeness (QED) is 0.741. The van der Waals surface area contributed by atoms with Gasteiger partial charge in [0.05, 0.1) is 7.11 Å². The summed E-state index contributed by atoms with van der Waals surface area (Å²) >= 11 is 0.